The average molecular weight is 461 g/mol. The topological polar surface area (TPSA) is 81.7 Å². The Hall–Kier alpha value is -4.04. The molecule has 5 aromatic rings. The fourth-order valence-corrected chi connectivity index (χ4v) is 4.58. The van der Waals surface area contributed by atoms with Gasteiger partial charge in [-0.15, -0.1) is 0 Å². The molecule has 0 unspecified atom stereocenters. The van der Waals surface area contributed by atoms with Crippen molar-refractivity contribution in [3.8, 4) is 17.2 Å². The molecule has 0 radical (unpaired) electrons. The van der Waals surface area contributed by atoms with Crippen LogP contribution in [0.3, 0.4) is 0 Å². The van der Waals surface area contributed by atoms with Gasteiger partial charge < -0.3 is 14.3 Å². The summed E-state index contributed by atoms with van der Waals surface area (Å²) in [4.78, 5) is 26.6. The van der Waals surface area contributed by atoms with Crippen LogP contribution in [0.15, 0.2) is 96.6 Å². The van der Waals surface area contributed by atoms with Crippen LogP contribution in [0.25, 0.3) is 27.6 Å². The number of rotatable bonds is 4. The zero-order valence-electron chi connectivity index (χ0n) is 17.2. The van der Waals surface area contributed by atoms with Crippen LogP contribution in [-0.2, 0) is 0 Å². The van der Waals surface area contributed by atoms with Gasteiger partial charge in [0.05, 0.1) is 12.6 Å². The Morgan fingerprint density at radius 2 is 1.79 bits per heavy atom. The van der Waals surface area contributed by atoms with Crippen molar-refractivity contribution in [2.75, 3.05) is 7.11 Å². The molecule has 0 saturated heterocycles. The highest BCUT2D eigenvalue weighted by Gasteiger charge is 2.23. The van der Waals surface area contributed by atoms with Crippen LogP contribution >= 0.6 is 11.8 Å². The Balaban J connectivity index is 1.88. The largest absolute Gasteiger partial charge is 0.505 e. The summed E-state index contributed by atoms with van der Waals surface area (Å²) in [5, 5.41) is 11.4. The lowest BCUT2D eigenvalue weighted by Crippen LogP contribution is -2.20. The van der Waals surface area contributed by atoms with Crippen LogP contribution in [0.4, 0.5) is 4.39 Å². The number of para-hydroxylation sites is 1. The van der Waals surface area contributed by atoms with Gasteiger partial charge in [-0.05, 0) is 42.5 Å². The van der Waals surface area contributed by atoms with Gasteiger partial charge in [-0.25, -0.2) is 9.18 Å². The first-order valence-corrected chi connectivity index (χ1v) is 10.7. The molecular formula is C25H16FNO5S. The third kappa shape index (κ3) is 3.54. The van der Waals surface area contributed by atoms with Crippen molar-refractivity contribution >= 4 is 33.6 Å². The van der Waals surface area contributed by atoms with E-state index in [9.17, 15) is 19.1 Å². The summed E-state index contributed by atoms with van der Waals surface area (Å²) < 4.78 is 25.9. The normalized spacial score (nSPS) is 11.2. The molecule has 0 aliphatic carbocycles. The molecule has 0 amide bonds. The monoisotopic (exact) mass is 461 g/mol. The van der Waals surface area contributed by atoms with Crippen LogP contribution in [0.5, 0.6) is 11.5 Å². The SMILES string of the molecule is COc1ccc2c3oc(=O)c(Sc4cccc(F)c4)c(O)c3c(=O)n(-c3ccccc3)c2c1. The maximum Gasteiger partial charge on any atom is 0.354 e. The number of benzene rings is 3. The van der Waals surface area contributed by atoms with Gasteiger partial charge >= 0.3 is 5.63 Å². The van der Waals surface area contributed by atoms with Crippen LogP contribution in [-0.4, -0.2) is 16.8 Å². The van der Waals surface area contributed by atoms with E-state index in [1.54, 1.807) is 48.5 Å². The van der Waals surface area contributed by atoms with Crippen LogP contribution < -0.4 is 15.9 Å². The molecule has 0 fully saturated rings. The standard InChI is InChI=1S/C25H16FNO5S/c1-31-16-10-11-18-19(13-16)27(15-7-3-2-4-8-15)24(29)20-21(28)23(25(30)32-22(18)20)33-17-9-5-6-14(26)12-17/h2-13,28H,1H3. The number of aromatic hydroxyl groups is 1. The van der Waals surface area contributed by atoms with E-state index < -0.39 is 22.8 Å². The van der Waals surface area contributed by atoms with Crippen LogP contribution in [0, 0.1) is 5.82 Å². The minimum absolute atomic E-state index is 0.0315. The summed E-state index contributed by atoms with van der Waals surface area (Å²) in [6, 6.07) is 19.5. The van der Waals surface area contributed by atoms with Gasteiger partial charge in [0.1, 0.15) is 21.8 Å². The van der Waals surface area contributed by atoms with Crippen molar-refractivity contribution < 1.29 is 18.7 Å². The Labute approximate surface area is 190 Å². The van der Waals surface area contributed by atoms with E-state index in [4.69, 9.17) is 9.15 Å². The van der Waals surface area contributed by atoms with Crippen molar-refractivity contribution in [3.63, 3.8) is 0 Å². The molecule has 2 aromatic heterocycles. The van der Waals surface area contributed by atoms with Crippen molar-refractivity contribution in [2.24, 2.45) is 0 Å². The fourth-order valence-electron chi connectivity index (χ4n) is 3.70. The Kier molecular flexibility index (Phi) is 5.14. The summed E-state index contributed by atoms with van der Waals surface area (Å²) >= 11 is 0.827. The maximum absolute atomic E-state index is 13.7. The Morgan fingerprint density at radius 3 is 2.52 bits per heavy atom. The highest BCUT2D eigenvalue weighted by atomic mass is 32.2. The summed E-state index contributed by atoms with van der Waals surface area (Å²) in [7, 11) is 1.51. The first-order valence-electron chi connectivity index (χ1n) is 9.89. The molecule has 3 aromatic carbocycles. The van der Waals surface area contributed by atoms with Gasteiger partial charge in [0, 0.05) is 22.0 Å². The maximum atomic E-state index is 13.7. The van der Waals surface area contributed by atoms with Crippen molar-refractivity contribution in [2.45, 2.75) is 9.79 Å². The van der Waals surface area contributed by atoms with E-state index in [1.165, 1.54) is 29.9 Å². The minimum Gasteiger partial charge on any atom is -0.505 e. The fraction of sp³-hybridized carbons (Fsp3) is 0.0400. The zero-order valence-corrected chi connectivity index (χ0v) is 18.1. The van der Waals surface area contributed by atoms with E-state index in [0.29, 0.717) is 27.2 Å². The lowest BCUT2D eigenvalue weighted by molar-refractivity contribution is 0.415. The molecule has 0 aliphatic heterocycles. The minimum atomic E-state index is -0.830. The van der Waals surface area contributed by atoms with Gasteiger partial charge in [-0.2, -0.15) is 0 Å². The molecule has 0 aliphatic rings. The third-order valence-electron chi connectivity index (χ3n) is 5.20. The van der Waals surface area contributed by atoms with Gasteiger partial charge in [0.25, 0.3) is 5.56 Å². The van der Waals surface area contributed by atoms with E-state index in [2.05, 4.69) is 0 Å². The van der Waals surface area contributed by atoms with Crippen LogP contribution in [0.2, 0.25) is 0 Å². The van der Waals surface area contributed by atoms with Gasteiger partial charge in [-0.3, -0.25) is 9.36 Å². The molecule has 5 rings (SSSR count). The number of hydrogen-bond acceptors (Lipinski definition) is 6. The van der Waals surface area contributed by atoms with Gasteiger partial charge in [-0.1, -0.05) is 36.0 Å². The summed E-state index contributed by atoms with van der Waals surface area (Å²) in [5.74, 6) is -0.491. The van der Waals surface area contributed by atoms with Gasteiger partial charge in [0.15, 0.2) is 11.3 Å². The second-order valence-corrected chi connectivity index (χ2v) is 8.27. The second kappa shape index (κ2) is 8.14. The van der Waals surface area contributed by atoms with Crippen molar-refractivity contribution in [1.29, 1.82) is 0 Å². The number of fused-ring (bicyclic) bond motifs is 3. The molecular weight excluding hydrogens is 445 g/mol. The first-order chi connectivity index (χ1) is 16.0. The molecule has 0 saturated carbocycles. The molecule has 2 heterocycles. The van der Waals surface area contributed by atoms with Gasteiger partial charge in [0.2, 0.25) is 0 Å². The predicted molar refractivity (Wildman–Crippen MR) is 124 cm³/mol. The number of ether oxygens (including phenoxy) is 1. The highest BCUT2D eigenvalue weighted by molar-refractivity contribution is 7.99. The molecule has 33 heavy (non-hydrogen) atoms. The zero-order chi connectivity index (χ0) is 23.1. The lowest BCUT2D eigenvalue weighted by Gasteiger charge is -2.15. The molecule has 1 N–H and O–H groups in total. The molecule has 0 spiro atoms. The summed E-state index contributed by atoms with van der Waals surface area (Å²) in [5.41, 5.74) is -0.419. The predicted octanol–water partition coefficient (Wildman–Crippen LogP) is 5.10. The smallest absolute Gasteiger partial charge is 0.354 e. The number of nitrogens with zero attached hydrogens (tertiary/aromatic N) is 1. The molecule has 8 heteroatoms. The molecule has 0 atom stereocenters. The Bertz CT molecular complexity index is 1640. The highest BCUT2D eigenvalue weighted by Crippen LogP contribution is 2.38. The summed E-state index contributed by atoms with van der Waals surface area (Å²) in [6.45, 7) is 0. The second-order valence-electron chi connectivity index (χ2n) is 7.19. The number of aromatic nitrogens is 1. The number of hydrogen-bond donors (Lipinski definition) is 1. The number of halogens is 1. The third-order valence-corrected chi connectivity index (χ3v) is 6.25. The Morgan fingerprint density at radius 1 is 1.00 bits per heavy atom. The number of methoxy groups -OCH3 is 1. The van der Waals surface area contributed by atoms with E-state index in [1.807, 2.05) is 6.07 Å². The average Bonchev–Trinajstić information content (AvgIpc) is 2.82. The number of pyridine rings is 1. The molecule has 164 valence electrons. The van der Waals surface area contributed by atoms with Crippen molar-refractivity contribution in [3.05, 3.63) is 99.4 Å². The summed E-state index contributed by atoms with van der Waals surface area (Å²) in [6.07, 6.45) is 0. The van der Waals surface area contributed by atoms with Crippen LogP contribution in [0.1, 0.15) is 0 Å². The van der Waals surface area contributed by atoms with E-state index >= 15 is 0 Å². The van der Waals surface area contributed by atoms with E-state index in [-0.39, 0.29) is 15.9 Å². The lowest BCUT2D eigenvalue weighted by atomic mass is 10.1. The molecule has 6 nitrogen and oxygen atoms in total. The van der Waals surface area contributed by atoms with E-state index in [0.717, 1.165) is 11.8 Å². The quantitative estimate of drug-likeness (QED) is 0.375. The first kappa shape index (κ1) is 20.8. The molecule has 0 bridgehead atoms. The van der Waals surface area contributed by atoms with Crippen molar-refractivity contribution in [1.82, 2.24) is 4.57 Å².